The number of carbonyl (C=O) groups is 1. The van der Waals surface area contributed by atoms with Gasteiger partial charge in [0.1, 0.15) is 0 Å². The molecular weight excluding hydrogens is 286 g/mol. The van der Waals surface area contributed by atoms with Crippen molar-refractivity contribution in [3.63, 3.8) is 0 Å². The van der Waals surface area contributed by atoms with Crippen molar-refractivity contribution in [1.29, 1.82) is 0 Å². The molecule has 3 rings (SSSR count). The Labute approximate surface area is 127 Å². The summed E-state index contributed by atoms with van der Waals surface area (Å²) in [5, 5.41) is 17.2. The first-order valence-electron chi connectivity index (χ1n) is 6.85. The minimum atomic E-state index is -0.764. The van der Waals surface area contributed by atoms with Crippen LogP contribution >= 0.6 is 11.8 Å². The van der Waals surface area contributed by atoms with E-state index >= 15 is 0 Å². The van der Waals surface area contributed by atoms with Crippen LogP contribution in [0.2, 0.25) is 0 Å². The Morgan fingerprint density at radius 1 is 1.48 bits per heavy atom. The molecule has 2 aromatic rings. The quantitative estimate of drug-likeness (QED) is 0.897. The highest BCUT2D eigenvalue weighted by atomic mass is 32.2. The van der Waals surface area contributed by atoms with Gasteiger partial charge in [0.25, 0.3) is 5.91 Å². The summed E-state index contributed by atoms with van der Waals surface area (Å²) in [5.74, 6) is 1.45. The number of hydrogen-bond donors (Lipinski definition) is 2. The number of carbonyl (C=O) groups excluding carboxylic acids is 1. The molecule has 0 aliphatic carbocycles. The number of nitrogens with one attached hydrogen (secondary N) is 1. The lowest BCUT2D eigenvalue weighted by atomic mass is 10.0. The third kappa shape index (κ3) is 3.28. The zero-order chi connectivity index (χ0) is 14.7. The van der Waals surface area contributed by atoms with Crippen molar-refractivity contribution in [3.8, 4) is 5.69 Å². The predicted molar refractivity (Wildman–Crippen MR) is 82.8 cm³/mol. The van der Waals surface area contributed by atoms with Crippen LogP contribution in [0.3, 0.4) is 0 Å². The molecule has 6 heteroatoms. The molecule has 2 heterocycles. The predicted octanol–water partition coefficient (Wildman–Crippen LogP) is 1.47. The number of aliphatic hydroxyl groups is 1. The molecule has 1 saturated heterocycles. The molecule has 21 heavy (non-hydrogen) atoms. The summed E-state index contributed by atoms with van der Waals surface area (Å²) in [7, 11) is 0. The van der Waals surface area contributed by atoms with Crippen molar-refractivity contribution in [2.24, 2.45) is 0 Å². The first kappa shape index (κ1) is 14.2. The summed E-state index contributed by atoms with van der Waals surface area (Å²) in [6, 6.07) is 9.10. The van der Waals surface area contributed by atoms with Gasteiger partial charge in [0, 0.05) is 30.3 Å². The van der Waals surface area contributed by atoms with Crippen molar-refractivity contribution < 1.29 is 9.90 Å². The number of benzene rings is 1. The Morgan fingerprint density at radius 3 is 3.10 bits per heavy atom. The Bertz CT molecular complexity index is 622. The third-order valence-corrected chi connectivity index (χ3v) is 4.77. The zero-order valence-electron chi connectivity index (χ0n) is 11.5. The van der Waals surface area contributed by atoms with Crippen LogP contribution < -0.4 is 5.32 Å². The zero-order valence-corrected chi connectivity index (χ0v) is 12.3. The number of aromatic nitrogens is 2. The molecule has 1 aliphatic rings. The molecule has 1 aromatic heterocycles. The number of nitrogens with zero attached hydrogens (tertiary/aromatic N) is 2. The van der Waals surface area contributed by atoms with E-state index < -0.39 is 5.60 Å². The molecule has 0 bridgehead atoms. The minimum absolute atomic E-state index is 0.172. The second kappa shape index (κ2) is 5.91. The van der Waals surface area contributed by atoms with Gasteiger partial charge in [-0.3, -0.25) is 4.79 Å². The number of thioether (sulfide) groups is 1. The molecule has 1 fully saturated rings. The molecule has 1 atom stereocenters. The maximum absolute atomic E-state index is 12.2. The van der Waals surface area contributed by atoms with Gasteiger partial charge in [-0.1, -0.05) is 6.07 Å². The molecule has 0 spiro atoms. The van der Waals surface area contributed by atoms with Crippen LogP contribution in [-0.2, 0) is 0 Å². The number of rotatable bonds is 4. The average molecular weight is 303 g/mol. The summed E-state index contributed by atoms with van der Waals surface area (Å²) in [6.45, 7) is 0.296. The standard InChI is InChI=1S/C15H17N3O2S/c19-14(16-10-15(20)5-8-21-11-15)12-3-1-4-13(9-12)18-7-2-6-17-18/h1-4,6-7,9,20H,5,8,10-11H2,(H,16,19)/t15-/m0/s1. The Hall–Kier alpha value is -1.79. The molecule has 1 amide bonds. The van der Waals surface area contributed by atoms with Crippen molar-refractivity contribution in [2.45, 2.75) is 12.0 Å². The minimum Gasteiger partial charge on any atom is -0.387 e. The van der Waals surface area contributed by atoms with Gasteiger partial charge >= 0.3 is 0 Å². The van der Waals surface area contributed by atoms with Gasteiger partial charge in [0.2, 0.25) is 0 Å². The van der Waals surface area contributed by atoms with Crippen LogP contribution in [0.5, 0.6) is 0 Å². The van der Waals surface area contributed by atoms with Crippen LogP contribution in [0.1, 0.15) is 16.8 Å². The highest BCUT2D eigenvalue weighted by molar-refractivity contribution is 7.99. The van der Waals surface area contributed by atoms with Crippen molar-refractivity contribution in [3.05, 3.63) is 48.3 Å². The lowest BCUT2D eigenvalue weighted by Gasteiger charge is -2.21. The smallest absolute Gasteiger partial charge is 0.251 e. The van der Waals surface area contributed by atoms with E-state index in [0.717, 1.165) is 17.9 Å². The lowest BCUT2D eigenvalue weighted by molar-refractivity contribution is 0.0612. The topological polar surface area (TPSA) is 67.2 Å². The fourth-order valence-corrected chi connectivity index (χ4v) is 3.59. The van der Waals surface area contributed by atoms with E-state index in [4.69, 9.17) is 0 Å². The fourth-order valence-electron chi connectivity index (χ4n) is 2.29. The summed E-state index contributed by atoms with van der Waals surface area (Å²) in [4.78, 5) is 12.2. The van der Waals surface area contributed by atoms with Crippen LogP contribution in [-0.4, -0.2) is 44.4 Å². The van der Waals surface area contributed by atoms with Crippen molar-refractivity contribution in [2.75, 3.05) is 18.1 Å². The van der Waals surface area contributed by atoms with Gasteiger partial charge in [-0.2, -0.15) is 16.9 Å². The van der Waals surface area contributed by atoms with E-state index in [0.29, 0.717) is 17.9 Å². The van der Waals surface area contributed by atoms with E-state index in [1.54, 1.807) is 34.8 Å². The maximum Gasteiger partial charge on any atom is 0.251 e. The van der Waals surface area contributed by atoms with Gasteiger partial charge in [-0.05, 0) is 36.4 Å². The van der Waals surface area contributed by atoms with E-state index in [2.05, 4.69) is 10.4 Å². The Morgan fingerprint density at radius 2 is 2.38 bits per heavy atom. The van der Waals surface area contributed by atoms with E-state index in [1.807, 2.05) is 24.4 Å². The van der Waals surface area contributed by atoms with Gasteiger partial charge in [-0.25, -0.2) is 4.68 Å². The van der Waals surface area contributed by atoms with E-state index in [9.17, 15) is 9.90 Å². The maximum atomic E-state index is 12.2. The Kier molecular flexibility index (Phi) is 3.98. The third-order valence-electron chi connectivity index (χ3n) is 3.54. The first-order valence-corrected chi connectivity index (χ1v) is 8.00. The van der Waals surface area contributed by atoms with Gasteiger partial charge in [-0.15, -0.1) is 0 Å². The van der Waals surface area contributed by atoms with E-state index in [-0.39, 0.29) is 5.91 Å². The molecule has 5 nitrogen and oxygen atoms in total. The van der Waals surface area contributed by atoms with Gasteiger partial charge in [0.05, 0.1) is 11.3 Å². The average Bonchev–Trinajstić information content (AvgIpc) is 3.17. The number of amides is 1. The SMILES string of the molecule is O=C(NC[C@@]1(O)CCSC1)c1cccc(-n2cccn2)c1. The van der Waals surface area contributed by atoms with E-state index in [1.165, 1.54) is 0 Å². The van der Waals surface area contributed by atoms with Gasteiger partial charge < -0.3 is 10.4 Å². The Balaban J connectivity index is 1.69. The van der Waals surface area contributed by atoms with Crippen LogP contribution in [0, 0.1) is 0 Å². The summed E-state index contributed by atoms with van der Waals surface area (Å²) in [5.41, 5.74) is 0.639. The highest BCUT2D eigenvalue weighted by Crippen LogP contribution is 2.27. The van der Waals surface area contributed by atoms with Crippen molar-refractivity contribution in [1.82, 2.24) is 15.1 Å². The molecule has 110 valence electrons. The van der Waals surface area contributed by atoms with Crippen LogP contribution in [0.4, 0.5) is 0 Å². The summed E-state index contributed by atoms with van der Waals surface area (Å²) >= 11 is 1.72. The largest absolute Gasteiger partial charge is 0.387 e. The molecule has 1 aliphatic heterocycles. The second-order valence-corrected chi connectivity index (χ2v) is 6.32. The monoisotopic (exact) mass is 303 g/mol. The van der Waals surface area contributed by atoms with Crippen LogP contribution in [0.15, 0.2) is 42.7 Å². The fraction of sp³-hybridized carbons (Fsp3) is 0.333. The molecule has 0 radical (unpaired) electrons. The molecule has 1 aromatic carbocycles. The van der Waals surface area contributed by atoms with Crippen LogP contribution in [0.25, 0.3) is 5.69 Å². The molecule has 2 N–H and O–H groups in total. The van der Waals surface area contributed by atoms with Crippen molar-refractivity contribution >= 4 is 17.7 Å². The molecular formula is C15H17N3O2S. The second-order valence-electron chi connectivity index (χ2n) is 5.21. The summed E-state index contributed by atoms with van der Waals surface area (Å²) < 4.78 is 1.71. The highest BCUT2D eigenvalue weighted by Gasteiger charge is 2.32. The molecule has 0 saturated carbocycles. The lowest BCUT2D eigenvalue weighted by Crippen LogP contribution is -2.42. The van der Waals surface area contributed by atoms with Gasteiger partial charge in [0.15, 0.2) is 0 Å². The number of hydrogen-bond acceptors (Lipinski definition) is 4. The first-order chi connectivity index (χ1) is 10.2. The normalized spacial score (nSPS) is 21.4. The summed E-state index contributed by atoms with van der Waals surface area (Å²) in [6.07, 6.45) is 4.25. The molecule has 0 unspecified atom stereocenters.